The fraction of sp³-hybridized carbons (Fsp3) is 0.647. The third kappa shape index (κ3) is 3.88. The molecular formula is C17H24F2N2O2. The molecule has 3 rings (SSSR count). The topological polar surface area (TPSA) is 35.9 Å². The molecule has 2 aliphatic rings. The molecule has 1 N–H and O–H groups in total. The second-order valence-corrected chi connectivity index (χ2v) is 6.52. The molecule has 4 nitrogen and oxygen atoms in total. The third-order valence-electron chi connectivity index (χ3n) is 4.82. The molecule has 1 aromatic carbocycles. The normalized spacial score (nSPS) is 23.3. The summed E-state index contributed by atoms with van der Waals surface area (Å²) in [5, 5.41) is 10.3. The Labute approximate surface area is 135 Å². The molecule has 1 saturated heterocycles. The van der Waals surface area contributed by atoms with Crippen LogP contribution in [0.4, 0.5) is 8.78 Å². The van der Waals surface area contributed by atoms with Crippen LogP contribution in [0.2, 0.25) is 0 Å². The SMILES string of the molecule is CN(C[C@H](O)CN1CCOCC1)[C@@H]1CCc2c(F)cc(F)cc21. The number of β-amino-alcohol motifs (C(OH)–C–C–N with tert-alkyl or cyclic N) is 1. The molecule has 23 heavy (non-hydrogen) atoms. The number of morpholine rings is 1. The van der Waals surface area contributed by atoms with Gasteiger partial charge < -0.3 is 9.84 Å². The highest BCUT2D eigenvalue weighted by atomic mass is 19.1. The van der Waals surface area contributed by atoms with E-state index in [4.69, 9.17) is 4.74 Å². The predicted octanol–water partition coefficient (Wildman–Crippen LogP) is 1.58. The van der Waals surface area contributed by atoms with Crippen LogP contribution in [0.25, 0.3) is 0 Å². The number of hydrogen-bond donors (Lipinski definition) is 1. The average Bonchev–Trinajstić information content (AvgIpc) is 2.92. The van der Waals surface area contributed by atoms with Gasteiger partial charge in [0.25, 0.3) is 0 Å². The largest absolute Gasteiger partial charge is 0.390 e. The lowest BCUT2D eigenvalue weighted by atomic mass is 10.1. The van der Waals surface area contributed by atoms with Gasteiger partial charge in [-0.25, -0.2) is 8.78 Å². The zero-order chi connectivity index (χ0) is 16.4. The Morgan fingerprint density at radius 3 is 2.83 bits per heavy atom. The fourth-order valence-electron chi connectivity index (χ4n) is 3.68. The molecule has 1 aliphatic carbocycles. The number of fused-ring (bicyclic) bond motifs is 1. The van der Waals surface area contributed by atoms with Crippen LogP contribution in [0.1, 0.15) is 23.6 Å². The number of ether oxygens (including phenoxy) is 1. The Morgan fingerprint density at radius 1 is 1.35 bits per heavy atom. The van der Waals surface area contributed by atoms with E-state index in [-0.39, 0.29) is 6.04 Å². The number of aliphatic hydroxyl groups is 1. The van der Waals surface area contributed by atoms with Crippen molar-refractivity contribution in [1.82, 2.24) is 9.80 Å². The lowest BCUT2D eigenvalue weighted by molar-refractivity contribution is 0.00573. The van der Waals surface area contributed by atoms with Gasteiger partial charge in [-0.2, -0.15) is 0 Å². The van der Waals surface area contributed by atoms with Gasteiger partial charge in [0.2, 0.25) is 0 Å². The van der Waals surface area contributed by atoms with Gasteiger partial charge in [0, 0.05) is 38.3 Å². The van der Waals surface area contributed by atoms with Gasteiger partial charge in [-0.15, -0.1) is 0 Å². The molecule has 0 radical (unpaired) electrons. The minimum atomic E-state index is -0.532. The maximum Gasteiger partial charge on any atom is 0.129 e. The minimum absolute atomic E-state index is 0.0328. The number of hydrogen-bond acceptors (Lipinski definition) is 4. The summed E-state index contributed by atoms with van der Waals surface area (Å²) >= 11 is 0. The van der Waals surface area contributed by atoms with Crippen LogP contribution in [-0.4, -0.2) is 67.5 Å². The Kier molecular flexibility index (Phi) is 5.26. The summed E-state index contributed by atoms with van der Waals surface area (Å²) in [6.45, 7) is 4.17. The Morgan fingerprint density at radius 2 is 2.09 bits per heavy atom. The number of rotatable bonds is 5. The van der Waals surface area contributed by atoms with Crippen LogP contribution >= 0.6 is 0 Å². The van der Waals surface area contributed by atoms with Crippen molar-refractivity contribution in [2.24, 2.45) is 0 Å². The molecule has 128 valence electrons. The number of halogens is 2. The van der Waals surface area contributed by atoms with Crippen molar-refractivity contribution in [3.8, 4) is 0 Å². The van der Waals surface area contributed by atoms with E-state index in [0.717, 1.165) is 31.1 Å². The van der Waals surface area contributed by atoms with Gasteiger partial charge in [-0.05, 0) is 37.1 Å². The zero-order valence-corrected chi connectivity index (χ0v) is 13.5. The standard InChI is InChI=1S/C17H24F2N2O2/c1-20(10-13(22)11-21-4-6-23-7-5-21)17-3-2-14-15(17)8-12(18)9-16(14)19/h8-9,13,17,22H,2-7,10-11H2,1H3/t13-,17+/m0/s1. The van der Waals surface area contributed by atoms with Gasteiger partial charge in [-0.3, -0.25) is 9.80 Å². The molecule has 0 unspecified atom stereocenters. The Hall–Kier alpha value is -1.08. The Balaban J connectivity index is 1.60. The molecule has 0 bridgehead atoms. The summed E-state index contributed by atoms with van der Waals surface area (Å²) in [6, 6.07) is 2.35. The van der Waals surface area contributed by atoms with Crippen molar-refractivity contribution < 1.29 is 18.6 Å². The molecule has 6 heteroatoms. The van der Waals surface area contributed by atoms with Crippen LogP contribution in [-0.2, 0) is 11.2 Å². The predicted molar refractivity (Wildman–Crippen MR) is 83.3 cm³/mol. The first-order valence-corrected chi connectivity index (χ1v) is 8.21. The zero-order valence-electron chi connectivity index (χ0n) is 13.5. The van der Waals surface area contributed by atoms with E-state index in [1.807, 2.05) is 11.9 Å². The van der Waals surface area contributed by atoms with Gasteiger partial charge in [0.1, 0.15) is 11.6 Å². The van der Waals surface area contributed by atoms with E-state index in [1.54, 1.807) is 0 Å². The first-order valence-electron chi connectivity index (χ1n) is 8.21. The molecule has 0 spiro atoms. The second kappa shape index (κ2) is 7.21. The number of likely N-dealkylation sites (N-methyl/N-ethyl adjacent to an activating group) is 1. The Bertz CT molecular complexity index is 550. The van der Waals surface area contributed by atoms with Crippen molar-refractivity contribution in [3.63, 3.8) is 0 Å². The molecule has 1 fully saturated rings. The molecular weight excluding hydrogens is 302 g/mol. The minimum Gasteiger partial charge on any atom is -0.390 e. The molecule has 0 amide bonds. The van der Waals surface area contributed by atoms with Crippen LogP contribution in [0.3, 0.4) is 0 Å². The monoisotopic (exact) mass is 326 g/mol. The van der Waals surface area contributed by atoms with E-state index in [9.17, 15) is 13.9 Å². The molecule has 2 atom stereocenters. The third-order valence-corrected chi connectivity index (χ3v) is 4.82. The number of aliphatic hydroxyl groups excluding tert-OH is 1. The molecule has 0 aromatic heterocycles. The van der Waals surface area contributed by atoms with Crippen molar-refractivity contribution in [2.45, 2.75) is 25.0 Å². The quantitative estimate of drug-likeness (QED) is 0.891. The highest BCUT2D eigenvalue weighted by molar-refractivity contribution is 5.36. The van der Waals surface area contributed by atoms with Gasteiger partial charge in [0.05, 0.1) is 19.3 Å². The van der Waals surface area contributed by atoms with Gasteiger partial charge in [-0.1, -0.05) is 0 Å². The molecule has 1 aliphatic heterocycles. The number of benzene rings is 1. The van der Waals surface area contributed by atoms with E-state index in [1.165, 1.54) is 6.07 Å². The van der Waals surface area contributed by atoms with E-state index in [0.29, 0.717) is 38.3 Å². The van der Waals surface area contributed by atoms with E-state index < -0.39 is 17.7 Å². The highest BCUT2D eigenvalue weighted by Crippen LogP contribution is 2.37. The lowest BCUT2D eigenvalue weighted by Gasteiger charge is -2.32. The summed E-state index contributed by atoms with van der Waals surface area (Å²) in [5.41, 5.74) is 1.34. The fourth-order valence-corrected chi connectivity index (χ4v) is 3.68. The van der Waals surface area contributed by atoms with E-state index in [2.05, 4.69) is 4.90 Å². The summed E-state index contributed by atoms with van der Waals surface area (Å²) in [7, 11) is 1.91. The van der Waals surface area contributed by atoms with Gasteiger partial charge in [0.15, 0.2) is 0 Å². The summed E-state index contributed by atoms with van der Waals surface area (Å²) in [6.07, 6.45) is 0.896. The van der Waals surface area contributed by atoms with Crippen LogP contribution < -0.4 is 0 Å². The van der Waals surface area contributed by atoms with Crippen LogP contribution in [0.5, 0.6) is 0 Å². The molecule has 1 heterocycles. The first-order chi connectivity index (χ1) is 11.0. The van der Waals surface area contributed by atoms with Gasteiger partial charge >= 0.3 is 0 Å². The smallest absolute Gasteiger partial charge is 0.129 e. The maximum absolute atomic E-state index is 13.8. The van der Waals surface area contributed by atoms with Crippen LogP contribution in [0.15, 0.2) is 12.1 Å². The highest BCUT2D eigenvalue weighted by Gasteiger charge is 2.30. The first kappa shape index (κ1) is 16.8. The van der Waals surface area contributed by atoms with E-state index >= 15 is 0 Å². The second-order valence-electron chi connectivity index (χ2n) is 6.52. The average molecular weight is 326 g/mol. The van der Waals surface area contributed by atoms with Crippen molar-refractivity contribution in [2.75, 3.05) is 46.4 Å². The summed E-state index contributed by atoms with van der Waals surface area (Å²) < 4.78 is 32.6. The number of nitrogens with zero attached hydrogens (tertiary/aromatic N) is 2. The van der Waals surface area contributed by atoms with Crippen LogP contribution in [0, 0.1) is 11.6 Å². The summed E-state index contributed by atoms with van der Waals surface area (Å²) in [4.78, 5) is 4.19. The summed E-state index contributed by atoms with van der Waals surface area (Å²) in [5.74, 6) is -0.986. The molecule has 1 aromatic rings. The van der Waals surface area contributed by atoms with Crippen molar-refractivity contribution in [3.05, 3.63) is 34.9 Å². The van der Waals surface area contributed by atoms with Crippen molar-refractivity contribution in [1.29, 1.82) is 0 Å². The lowest BCUT2D eigenvalue weighted by Crippen LogP contribution is -2.44. The molecule has 0 saturated carbocycles. The van der Waals surface area contributed by atoms with Crippen molar-refractivity contribution >= 4 is 0 Å². The maximum atomic E-state index is 13.8.